The second-order valence-electron chi connectivity index (χ2n) is 9.84. The minimum atomic E-state index is -4.82. The molecule has 0 radical (unpaired) electrons. The van der Waals surface area contributed by atoms with Gasteiger partial charge in [0.05, 0.1) is 11.0 Å². The van der Waals surface area contributed by atoms with Crippen LogP contribution in [0.4, 0.5) is 30.2 Å². The third-order valence-electron chi connectivity index (χ3n) is 7.27. The summed E-state index contributed by atoms with van der Waals surface area (Å²) in [4.78, 5) is 28.2. The van der Waals surface area contributed by atoms with Gasteiger partial charge in [-0.3, -0.25) is 14.9 Å². The summed E-state index contributed by atoms with van der Waals surface area (Å²) in [7, 11) is 0. The first-order valence-electron chi connectivity index (χ1n) is 13.0. The molecule has 0 spiro atoms. The molecule has 1 N–H and O–H groups in total. The van der Waals surface area contributed by atoms with Crippen LogP contribution in [0.25, 0.3) is 0 Å². The highest BCUT2D eigenvalue weighted by Crippen LogP contribution is 2.38. The number of nitrogens with one attached hydrogen (secondary N) is 1. The van der Waals surface area contributed by atoms with Gasteiger partial charge in [-0.1, -0.05) is 0 Å². The Balaban J connectivity index is 1.21. The summed E-state index contributed by atoms with van der Waals surface area (Å²) < 4.78 is 45.7. The van der Waals surface area contributed by atoms with Crippen LogP contribution in [-0.4, -0.2) is 66.9 Å². The number of hydrogen-bond acceptors (Lipinski definition) is 7. The van der Waals surface area contributed by atoms with Crippen molar-refractivity contribution in [2.45, 2.75) is 55.3 Å². The molecule has 2 fully saturated rings. The fraction of sp³-hybridized carbons (Fsp3) is 0.519. The summed E-state index contributed by atoms with van der Waals surface area (Å²) in [6, 6.07) is 11.4. The standard InChI is InChI=1S/C27H33F3N4O4S/c1-39-23-10-6-21(7-11-23)32-13-2-14-33(16-15-32)26(35)18-38-22-8-3-19(4-9-22)31-20-5-12-25(34(36)37)24(17-20)27(28,29)30/h5-7,10-12,17,19,22,31H,2-4,8-9,13-16,18H2,1H3. The van der Waals surface area contributed by atoms with Gasteiger partial charge < -0.3 is 19.9 Å². The lowest BCUT2D eigenvalue weighted by Gasteiger charge is -2.30. The molecule has 1 heterocycles. The van der Waals surface area contributed by atoms with Gasteiger partial charge in [-0.25, -0.2) is 0 Å². The molecular formula is C27H33F3N4O4S. The Hall–Kier alpha value is -2.99. The number of amides is 1. The van der Waals surface area contributed by atoms with E-state index in [1.807, 2.05) is 11.2 Å². The van der Waals surface area contributed by atoms with Crippen LogP contribution in [0.15, 0.2) is 47.4 Å². The molecule has 1 amide bonds. The number of halogens is 3. The number of benzene rings is 2. The minimum absolute atomic E-state index is 0.0163. The van der Waals surface area contributed by atoms with Gasteiger partial charge in [0, 0.05) is 54.6 Å². The van der Waals surface area contributed by atoms with E-state index in [0.717, 1.165) is 37.3 Å². The normalized spacial score (nSPS) is 20.4. The molecule has 2 aliphatic rings. The van der Waals surface area contributed by atoms with Crippen molar-refractivity contribution in [3.05, 3.63) is 58.1 Å². The van der Waals surface area contributed by atoms with Crippen molar-refractivity contribution >= 4 is 34.7 Å². The number of ether oxygens (including phenoxy) is 1. The molecule has 4 rings (SSSR count). The third kappa shape index (κ3) is 7.78. The second kappa shape index (κ2) is 12.9. The van der Waals surface area contributed by atoms with Gasteiger partial charge >= 0.3 is 6.18 Å². The highest BCUT2D eigenvalue weighted by molar-refractivity contribution is 7.98. The molecule has 0 bridgehead atoms. The summed E-state index contributed by atoms with van der Waals surface area (Å²) in [5, 5.41) is 14.0. The number of rotatable bonds is 8. The molecule has 1 aliphatic heterocycles. The number of carbonyl (C=O) groups excluding carboxylic acids is 1. The summed E-state index contributed by atoms with van der Waals surface area (Å²) >= 11 is 1.71. The average Bonchev–Trinajstić information content (AvgIpc) is 3.18. The van der Waals surface area contributed by atoms with Gasteiger partial charge in [-0.15, -0.1) is 11.8 Å². The number of carbonyl (C=O) groups is 1. The zero-order valence-corrected chi connectivity index (χ0v) is 22.6. The predicted octanol–water partition coefficient (Wildman–Crippen LogP) is 5.81. The fourth-order valence-electron chi connectivity index (χ4n) is 5.12. The number of hydrogen-bond donors (Lipinski definition) is 1. The number of nitro benzene ring substituents is 1. The van der Waals surface area contributed by atoms with E-state index in [1.165, 1.54) is 11.0 Å². The zero-order chi connectivity index (χ0) is 28.0. The Morgan fingerprint density at radius 2 is 1.79 bits per heavy atom. The number of anilines is 2. The Labute approximate surface area is 230 Å². The lowest BCUT2D eigenvalue weighted by Crippen LogP contribution is -2.39. The van der Waals surface area contributed by atoms with Crippen LogP contribution in [0.3, 0.4) is 0 Å². The van der Waals surface area contributed by atoms with Gasteiger partial charge in [0.1, 0.15) is 12.2 Å². The first kappa shape index (κ1) is 29.0. The summed E-state index contributed by atoms with van der Waals surface area (Å²) in [6.07, 6.45) is 0.680. The minimum Gasteiger partial charge on any atom is -0.382 e. The van der Waals surface area contributed by atoms with Crippen molar-refractivity contribution in [1.29, 1.82) is 0 Å². The van der Waals surface area contributed by atoms with E-state index < -0.39 is 22.4 Å². The van der Waals surface area contributed by atoms with E-state index >= 15 is 0 Å². The lowest BCUT2D eigenvalue weighted by atomic mass is 9.92. The molecule has 2 aromatic carbocycles. The monoisotopic (exact) mass is 566 g/mol. The molecule has 212 valence electrons. The van der Waals surface area contributed by atoms with Gasteiger partial charge in [0.2, 0.25) is 5.91 Å². The van der Waals surface area contributed by atoms with Crippen LogP contribution < -0.4 is 10.2 Å². The van der Waals surface area contributed by atoms with Crippen LogP contribution in [0.1, 0.15) is 37.7 Å². The van der Waals surface area contributed by atoms with Crippen LogP contribution in [-0.2, 0) is 15.7 Å². The summed E-state index contributed by atoms with van der Waals surface area (Å²) in [5.74, 6) is -0.0274. The van der Waals surface area contributed by atoms with Crippen molar-refractivity contribution < 1.29 is 27.6 Å². The van der Waals surface area contributed by atoms with E-state index in [-0.39, 0.29) is 30.3 Å². The van der Waals surface area contributed by atoms with E-state index in [0.29, 0.717) is 38.8 Å². The molecule has 1 saturated heterocycles. The van der Waals surface area contributed by atoms with E-state index in [9.17, 15) is 28.1 Å². The molecule has 1 saturated carbocycles. The van der Waals surface area contributed by atoms with E-state index in [1.54, 1.807) is 11.8 Å². The Kier molecular flexibility index (Phi) is 9.60. The third-order valence-corrected chi connectivity index (χ3v) is 8.02. The van der Waals surface area contributed by atoms with Crippen molar-refractivity contribution in [3.63, 3.8) is 0 Å². The molecule has 0 aromatic heterocycles. The number of nitrogens with zero attached hydrogens (tertiary/aromatic N) is 3. The zero-order valence-electron chi connectivity index (χ0n) is 21.8. The molecule has 0 unspecified atom stereocenters. The second-order valence-corrected chi connectivity index (χ2v) is 10.7. The maximum atomic E-state index is 13.3. The van der Waals surface area contributed by atoms with E-state index in [2.05, 4.69) is 34.5 Å². The molecule has 8 nitrogen and oxygen atoms in total. The largest absolute Gasteiger partial charge is 0.423 e. The van der Waals surface area contributed by atoms with Crippen molar-refractivity contribution in [3.8, 4) is 0 Å². The molecular weight excluding hydrogens is 533 g/mol. The van der Waals surface area contributed by atoms with Gasteiger partial charge in [0.15, 0.2) is 0 Å². The summed E-state index contributed by atoms with van der Waals surface area (Å²) in [5.41, 5.74) is -0.870. The highest BCUT2D eigenvalue weighted by Gasteiger charge is 2.38. The fourth-order valence-corrected chi connectivity index (χ4v) is 5.53. The van der Waals surface area contributed by atoms with Gasteiger partial charge in [0.25, 0.3) is 5.69 Å². The SMILES string of the molecule is CSc1ccc(N2CCCN(C(=O)COC3CCC(Nc4ccc([N+](=O)[O-])c(C(F)(F)F)c4)CC3)CC2)cc1. The van der Waals surface area contributed by atoms with Crippen molar-refractivity contribution in [2.24, 2.45) is 0 Å². The maximum Gasteiger partial charge on any atom is 0.423 e. The number of alkyl halides is 3. The maximum absolute atomic E-state index is 13.3. The van der Waals surface area contributed by atoms with Crippen molar-refractivity contribution in [1.82, 2.24) is 4.90 Å². The topological polar surface area (TPSA) is 88.0 Å². The number of thioether (sulfide) groups is 1. The molecule has 12 heteroatoms. The smallest absolute Gasteiger partial charge is 0.382 e. The molecule has 0 atom stereocenters. The Morgan fingerprint density at radius 1 is 1.08 bits per heavy atom. The highest BCUT2D eigenvalue weighted by atomic mass is 32.2. The quantitative estimate of drug-likeness (QED) is 0.245. The molecule has 39 heavy (non-hydrogen) atoms. The number of nitro groups is 1. The Morgan fingerprint density at radius 3 is 2.44 bits per heavy atom. The average molecular weight is 567 g/mol. The van der Waals surface area contributed by atoms with Crippen molar-refractivity contribution in [2.75, 3.05) is 49.3 Å². The van der Waals surface area contributed by atoms with Crippen LogP contribution in [0.2, 0.25) is 0 Å². The van der Waals surface area contributed by atoms with Gasteiger partial charge in [-0.05, 0) is 74.8 Å². The molecule has 2 aromatic rings. The van der Waals surface area contributed by atoms with E-state index in [4.69, 9.17) is 4.74 Å². The first-order valence-corrected chi connectivity index (χ1v) is 14.3. The molecule has 1 aliphatic carbocycles. The van der Waals surface area contributed by atoms with Crippen LogP contribution in [0, 0.1) is 10.1 Å². The Bertz CT molecular complexity index is 1140. The predicted molar refractivity (Wildman–Crippen MR) is 145 cm³/mol. The van der Waals surface area contributed by atoms with Gasteiger partial charge in [-0.2, -0.15) is 13.2 Å². The summed E-state index contributed by atoms with van der Waals surface area (Å²) in [6.45, 7) is 2.99. The first-order chi connectivity index (χ1) is 18.6. The van der Waals surface area contributed by atoms with Crippen LogP contribution >= 0.6 is 11.8 Å². The van der Waals surface area contributed by atoms with Crippen LogP contribution in [0.5, 0.6) is 0 Å². The lowest BCUT2D eigenvalue weighted by molar-refractivity contribution is -0.388.